The van der Waals surface area contributed by atoms with Gasteiger partial charge in [-0.1, -0.05) is 71.9 Å². The number of amidine groups is 1. The van der Waals surface area contributed by atoms with Crippen LogP contribution >= 0.6 is 16.1 Å². The van der Waals surface area contributed by atoms with E-state index in [1.54, 1.807) is 12.1 Å². The Morgan fingerprint density at radius 2 is 1.60 bits per heavy atom. The Bertz CT molecular complexity index is 1090. The Morgan fingerprint density at radius 3 is 2.06 bits per heavy atom. The Labute approximate surface area is 216 Å². The Kier molecular flexibility index (Phi) is 7.80. The number of Topliss-reactive ketones (excluding diaryl/α,β-unsaturated/α-hetero) is 1. The molecule has 188 valence electrons. The Morgan fingerprint density at radius 1 is 1.06 bits per heavy atom. The number of ketones is 1. The first-order chi connectivity index (χ1) is 16.3. The molecular weight excluding hydrogens is 508 g/mol. The summed E-state index contributed by atoms with van der Waals surface area (Å²) in [6.45, 7) is 12.5. The molecule has 6 nitrogen and oxygen atoms in total. The molecule has 0 saturated carbocycles. The van der Waals surface area contributed by atoms with Crippen LogP contribution in [0.4, 0.5) is 0 Å². The van der Waals surface area contributed by atoms with Crippen LogP contribution in [0.1, 0.15) is 74.5 Å². The molecule has 3 rings (SSSR count). The van der Waals surface area contributed by atoms with Crippen molar-refractivity contribution in [3.63, 3.8) is 0 Å². The van der Waals surface area contributed by atoms with Crippen LogP contribution in [0.2, 0.25) is 0 Å². The summed E-state index contributed by atoms with van der Waals surface area (Å²) >= 11 is 3.23. The SMILES string of the molecule is COC(=O)[C@H]1CN(CC(=O)c2cc(C(C)(C)C)c(O)c(C(C)(C)C)c2)C(=NBr)[C@@H]1c1ccccc1. The number of rotatable bonds is 5. The number of benzene rings is 2. The maximum Gasteiger partial charge on any atom is 0.311 e. The fourth-order valence-electron chi connectivity index (χ4n) is 4.67. The standard InChI is InChI=1S/C28H35BrN2O4/c1-27(2,3)20-13-18(14-21(24(20)33)28(4,5)6)22(32)16-31-15-19(26(34)35-7)23(25(31)30-29)17-11-9-8-10-12-17/h8-14,19,23,33H,15-16H2,1-7H3/t19-,23+/m0/s1. The van der Waals surface area contributed by atoms with Crippen molar-refractivity contribution in [3.05, 3.63) is 64.7 Å². The van der Waals surface area contributed by atoms with Gasteiger partial charge in [-0.05, 0) is 28.5 Å². The molecule has 2 atom stereocenters. The molecule has 2 aromatic rings. The van der Waals surface area contributed by atoms with Crippen molar-refractivity contribution in [3.8, 4) is 5.75 Å². The molecule has 0 amide bonds. The van der Waals surface area contributed by atoms with Gasteiger partial charge in [-0.3, -0.25) is 9.59 Å². The largest absolute Gasteiger partial charge is 0.507 e. The third-order valence-electron chi connectivity index (χ3n) is 6.55. The number of halogens is 1. The van der Waals surface area contributed by atoms with Gasteiger partial charge in [0.05, 0.1) is 41.6 Å². The average molecular weight is 544 g/mol. The van der Waals surface area contributed by atoms with Gasteiger partial charge in [-0.2, -0.15) is 4.02 Å². The number of nitrogens with zero attached hydrogens (tertiary/aromatic N) is 2. The zero-order valence-electron chi connectivity index (χ0n) is 21.6. The molecule has 1 aliphatic rings. The van der Waals surface area contributed by atoms with Crippen LogP contribution in [0.5, 0.6) is 5.75 Å². The van der Waals surface area contributed by atoms with Gasteiger partial charge in [0, 0.05) is 23.2 Å². The number of hydrogen-bond acceptors (Lipinski definition) is 5. The van der Waals surface area contributed by atoms with Crippen LogP contribution in [0.15, 0.2) is 46.5 Å². The molecule has 7 heteroatoms. The van der Waals surface area contributed by atoms with Crippen molar-refractivity contribution in [1.29, 1.82) is 0 Å². The zero-order chi connectivity index (χ0) is 26.1. The second-order valence-corrected chi connectivity index (χ2v) is 11.5. The lowest BCUT2D eigenvalue weighted by Gasteiger charge is -2.28. The van der Waals surface area contributed by atoms with Crippen LogP contribution in [-0.2, 0) is 20.4 Å². The molecule has 1 N–H and O–H groups in total. The first-order valence-corrected chi connectivity index (χ1v) is 12.5. The maximum absolute atomic E-state index is 13.6. The van der Waals surface area contributed by atoms with Crippen molar-refractivity contribution in [1.82, 2.24) is 4.90 Å². The molecule has 0 bridgehead atoms. The predicted octanol–water partition coefficient (Wildman–Crippen LogP) is 5.77. The lowest BCUT2D eigenvalue weighted by atomic mass is 9.78. The number of hydrogen-bond donors (Lipinski definition) is 1. The maximum atomic E-state index is 13.6. The van der Waals surface area contributed by atoms with E-state index in [1.807, 2.05) is 76.8 Å². The van der Waals surface area contributed by atoms with Gasteiger partial charge in [0.1, 0.15) is 11.6 Å². The van der Waals surface area contributed by atoms with E-state index in [2.05, 4.69) is 20.2 Å². The normalized spacial score (nSPS) is 19.8. The van der Waals surface area contributed by atoms with E-state index in [4.69, 9.17) is 4.74 Å². The summed E-state index contributed by atoms with van der Waals surface area (Å²) in [6, 6.07) is 13.2. The van der Waals surface area contributed by atoms with E-state index in [1.165, 1.54) is 7.11 Å². The minimum Gasteiger partial charge on any atom is -0.507 e. The number of esters is 1. The zero-order valence-corrected chi connectivity index (χ0v) is 23.1. The van der Waals surface area contributed by atoms with E-state index < -0.39 is 5.92 Å². The molecule has 2 aromatic carbocycles. The molecule has 1 heterocycles. The molecule has 0 spiro atoms. The highest BCUT2D eigenvalue weighted by atomic mass is 79.9. The summed E-state index contributed by atoms with van der Waals surface area (Å²) in [5, 5.41) is 11.0. The molecule has 1 fully saturated rings. The number of aromatic hydroxyl groups is 1. The molecular formula is C28H35BrN2O4. The molecule has 0 aliphatic carbocycles. The van der Waals surface area contributed by atoms with Crippen molar-refractivity contribution >= 4 is 33.7 Å². The number of ether oxygens (including phenoxy) is 1. The average Bonchev–Trinajstić information content (AvgIpc) is 3.15. The fourth-order valence-corrected chi connectivity index (χ4v) is 5.12. The highest BCUT2D eigenvalue weighted by molar-refractivity contribution is 9.08. The van der Waals surface area contributed by atoms with Gasteiger partial charge in [0.15, 0.2) is 5.78 Å². The van der Waals surface area contributed by atoms with E-state index in [9.17, 15) is 14.7 Å². The number of carbonyl (C=O) groups is 2. The van der Waals surface area contributed by atoms with E-state index in [0.29, 0.717) is 17.9 Å². The van der Waals surface area contributed by atoms with Gasteiger partial charge >= 0.3 is 5.97 Å². The third-order valence-corrected chi connectivity index (χ3v) is 6.92. The summed E-state index contributed by atoms with van der Waals surface area (Å²) in [7, 11) is 1.38. The van der Waals surface area contributed by atoms with E-state index in [0.717, 1.165) is 16.7 Å². The van der Waals surface area contributed by atoms with Crippen LogP contribution in [0.25, 0.3) is 0 Å². The summed E-state index contributed by atoms with van der Waals surface area (Å²) in [5.41, 5.74) is 2.25. The van der Waals surface area contributed by atoms with Gasteiger partial charge in [0.2, 0.25) is 0 Å². The van der Waals surface area contributed by atoms with Gasteiger partial charge in [-0.15, -0.1) is 0 Å². The van der Waals surface area contributed by atoms with Crippen LogP contribution < -0.4 is 0 Å². The molecule has 1 saturated heterocycles. The highest BCUT2D eigenvalue weighted by Crippen LogP contribution is 2.40. The lowest BCUT2D eigenvalue weighted by Crippen LogP contribution is -2.33. The highest BCUT2D eigenvalue weighted by Gasteiger charge is 2.44. The minimum atomic E-state index is -0.485. The number of phenolic OH excluding ortho intramolecular Hbond substituents is 1. The van der Waals surface area contributed by atoms with E-state index >= 15 is 0 Å². The Balaban J connectivity index is 2.01. The third kappa shape index (κ3) is 5.61. The predicted molar refractivity (Wildman–Crippen MR) is 142 cm³/mol. The monoisotopic (exact) mass is 542 g/mol. The quantitative estimate of drug-likeness (QED) is 0.383. The van der Waals surface area contributed by atoms with Crippen molar-refractivity contribution in [2.24, 2.45) is 9.94 Å². The van der Waals surface area contributed by atoms with Crippen LogP contribution in [-0.4, -0.2) is 47.8 Å². The first kappa shape index (κ1) is 26.9. The van der Waals surface area contributed by atoms with Gasteiger partial charge in [-0.25, -0.2) is 0 Å². The number of methoxy groups -OCH3 is 1. The smallest absolute Gasteiger partial charge is 0.311 e. The number of likely N-dealkylation sites (tertiary alicyclic amines) is 1. The lowest BCUT2D eigenvalue weighted by molar-refractivity contribution is -0.145. The van der Waals surface area contributed by atoms with Crippen molar-refractivity contribution < 1.29 is 19.4 Å². The Hall–Kier alpha value is -2.67. The number of carbonyl (C=O) groups excluding carboxylic acids is 2. The van der Waals surface area contributed by atoms with Crippen LogP contribution in [0.3, 0.4) is 0 Å². The molecule has 1 aliphatic heterocycles. The summed E-state index contributed by atoms with van der Waals surface area (Å²) in [6.07, 6.45) is 0. The molecule has 35 heavy (non-hydrogen) atoms. The van der Waals surface area contributed by atoms with Crippen LogP contribution in [0, 0.1) is 5.92 Å². The summed E-state index contributed by atoms with van der Waals surface area (Å²) < 4.78 is 9.41. The minimum absolute atomic E-state index is 0.0548. The summed E-state index contributed by atoms with van der Waals surface area (Å²) in [4.78, 5) is 28.1. The second kappa shape index (κ2) is 10.1. The second-order valence-electron chi connectivity index (χ2n) is 11.2. The first-order valence-electron chi connectivity index (χ1n) is 11.8. The molecule has 0 unspecified atom stereocenters. The van der Waals surface area contributed by atoms with E-state index in [-0.39, 0.29) is 40.8 Å². The number of phenols is 1. The topological polar surface area (TPSA) is 79.2 Å². The summed E-state index contributed by atoms with van der Waals surface area (Å²) in [5.74, 6) is -0.400. The van der Waals surface area contributed by atoms with Crippen molar-refractivity contribution in [2.75, 3.05) is 20.2 Å². The van der Waals surface area contributed by atoms with Gasteiger partial charge in [0.25, 0.3) is 0 Å². The van der Waals surface area contributed by atoms with Crippen molar-refractivity contribution in [2.45, 2.75) is 58.3 Å². The fraction of sp³-hybridized carbons (Fsp3) is 0.464. The molecule has 0 aromatic heterocycles. The molecule has 0 radical (unpaired) electrons. The van der Waals surface area contributed by atoms with Gasteiger partial charge < -0.3 is 14.7 Å².